The second-order valence-corrected chi connectivity index (χ2v) is 7.53. The Hall–Kier alpha value is -2.67. The summed E-state index contributed by atoms with van der Waals surface area (Å²) in [6, 6.07) is 0.157. The number of rotatable bonds is 3. The number of fused-ring (bicyclic) bond motifs is 1. The first-order chi connectivity index (χ1) is 14.3. The third-order valence-electron chi connectivity index (χ3n) is 4.98. The van der Waals surface area contributed by atoms with Crippen molar-refractivity contribution in [1.82, 2.24) is 24.5 Å². The lowest BCUT2D eigenvalue weighted by atomic mass is 9.89. The standard InChI is InChI=1S/C17H12ClF6N5O2/c1-28-13(9-6-26-29(8-2-3-8)14(30)11(9)27-28)15(31,17(22,23)24)7-4-10(18)12(25-5-7)16(19,20)21/h4-6,8,31H,2-3H2,1H3/t15-/m0/s1. The first kappa shape index (κ1) is 21.6. The van der Waals surface area contributed by atoms with E-state index in [1.807, 2.05) is 0 Å². The van der Waals surface area contributed by atoms with Gasteiger partial charge in [-0.2, -0.15) is 36.5 Å². The van der Waals surface area contributed by atoms with Crippen LogP contribution in [0.5, 0.6) is 0 Å². The summed E-state index contributed by atoms with van der Waals surface area (Å²) in [5.41, 5.74) is -8.57. The second-order valence-electron chi connectivity index (χ2n) is 7.12. The number of hydrogen-bond donors (Lipinski definition) is 1. The van der Waals surface area contributed by atoms with E-state index < -0.39 is 50.9 Å². The predicted octanol–water partition coefficient (Wildman–Crippen LogP) is 3.33. The third-order valence-corrected chi connectivity index (χ3v) is 5.27. The maximum atomic E-state index is 14.2. The van der Waals surface area contributed by atoms with E-state index in [9.17, 15) is 36.2 Å². The largest absolute Gasteiger partial charge is 0.434 e. The quantitative estimate of drug-likeness (QED) is 0.597. The van der Waals surface area contributed by atoms with Gasteiger partial charge in [0.05, 0.1) is 28.3 Å². The maximum Gasteiger partial charge on any atom is 0.434 e. The van der Waals surface area contributed by atoms with E-state index in [-0.39, 0.29) is 17.8 Å². The van der Waals surface area contributed by atoms with E-state index in [0.29, 0.717) is 23.6 Å². The van der Waals surface area contributed by atoms with E-state index in [1.165, 1.54) is 0 Å². The number of hydrogen-bond acceptors (Lipinski definition) is 5. The zero-order valence-electron chi connectivity index (χ0n) is 15.5. The summed E-state index contributed by atoms with van der Waals surface area (Å²) >= 11 is 5.53. The number of aromatic nitrogens is 5. The monoisotopic (exact) mass is 467 g/mol. The van der Waals surface area contributed by atoms with E-state index in [1.54, 1.807) is 0 Å². The molecule has 3 heterocycles. The molecule has 166 valence electrons. The van der Waals surface area contributed by atoms with Gasteiger partial charge >= 0.3 is 12.4 Å². The molecule has 3 aromatic heterocycles. The van der Waals surface area contributed by atoms with Crippen molar-refractivity contribution in [3.05, 3.63) is 50.8 Å². The molecule has 1 saturated carbocycles. The van der Waals surface area contributed by atoms with Crippen LogP contribution in [0, 0.1) is 0 Å². The molecular weight excluding hydrogens is 456 g/mol. The highest BCUT2D eigenvalue weighted by molar-refractivity contribution is 6.31. The fourth-order valence-corrected chi connectivity index (χ4v) is 3.66. The van der Waals surface area contributed by atoms with Crippen LogP contribution in [-0.4, -0.2) is 35.8 Å². The smallest absolute Gasteiger partial charge is 0.371 e. The summed E-state index contributed by atoms with van der Waals surface area (Å²) in [6.45, 7) is 0. The SMILES string of the molecule is Cn1nc2c(=O)n(C3CC3)ncc2c1[C@@](O)(c1cnc(C(F)(F)F)c(Cl)c1)C(F)(F)F. The van der Waals surface area contributed by atoms with Crippen molar-refractivity contribution in [2.75, 3.05) is 0 Å². The van der Waals surface area contributed by atoms with Gasteiger partial charge in [0.1, 0.15) is 0 Å². The van der Waals surface area contributed by atoms with Crippen LogP contribution >= 0.6 is 11.6 Å². The van der Waals surface area contributed by atoms with E-state index in [0.717, 1.165) is 17.9 Å². The minimum Gasteiger partial charge on any atom is -0.371 e. The number of halogens is 7. The van der Waals surface area contributed by atoms with Crippen LogP contribution < -0.4 is 5.56 Å². The van der Waals surface area contributed by atoms with Crippen LogP contribution in [0.2, 0.25) is 5.02 Å². The Kier molecular flexibility index (Phi) is 4.63. The van der Waals surface area contributed by atoms with Gasteiger partial charge in [-0.3, -0.25) is 9.48 Å². The molecule has 0 saturated heterocycles. The summed E-state index contributed by atoms with van der Waals surface area (Å²) in [4.78, 5) is 15.6. The fourth-order valence-electron chi connectivity index (χ4n) is 3.39. The van der Waals surface area contributed by atoms with E-state index >= 15 is 0 Å². The molecule has 0 bridgehead atoms. The molecule has 0 amide bonds. The van der Waals surface area contributed by atoms with E-state index in [4.69, 9.17) is 11.6 Å². The van der Waals surface area contributed by atoms with Gasteiger partial charge < -0.3 is 5.11 Å². The Morgan fingerprint density at radius 2 is 1.81 bits per heavy atom. The van der Waals surface area contributed by atoms with Crippen LogP contribution in [0.25, 0.3) is 10.9 Å². The third kappa shape index (κ3) is 3.26. The number of alkyl halides is 6. The highest BCUT2D eigenvalue weighted by Crippen LogP contribution is 2.47. The van der Waals surface area contributed by atoms with Gasteiger partial charge in [-0.1, -0.05) is 11.6 Å². The van der Waals surface area contributed by atoms with Crippen molar-refractivity contribution in [1.29, 1.82) is 0 Å². The van der Waals surface area contributed by atoms with Crippen molar-refractivity contribution in [2.45, 2.75) is 36.8 Å². The number of pyridine rings is 1. The zero-order chi connectivity index (χ0) is 22.9. The lowest BCUT2D eigenvalue weighted by Gasteiger charge is -2.31. The molecule has 0 unspecified atom stereocenters. The summed E-state index contributed by atoms with van der Waals surface area (Å²) < 4.78 is 83.0. The molecule has 1 fully saturated rings. The Labute approximate surface area is 173 Å². The van der Waals surface area contributed by atoms with Crippen LogP contribution in [0.1, 0.15) is 35.8 Å². The number of nitrogens with zero attached hydrogens (tertiary/aromatic N) is 5. The van der Waals surface area contributed by atoms with Gasteiger partial charge in [0.2, 0.25) is 5.60 Å². The van der Waals surface area contributed by atoms with Gasteiger partial charge in [-0.15, -0.1) is 0 Å². The topological polar surface area (TPSA) is 85.8 Å². The highest BCUT2D eigenvalue weighted by Gasteiger charge is 2.59. The van der Waals surface area contributed by atoms with Crippen molar-refractivity contribution >= 4 is 22.5 Å². The van der Waals surface area contributed by atoms with Crippen LogP contribution in [0.4, 0.5) is 26.3 Å². The van der Waals surface area contributed by atoms with Gasteiger partial charge in [-0.05, 0) is 18.9 Å². The van der Waals surface area contributed by atoms with Crippen molar-refractivity contribution in [3.8, 4) is 0 Å². The molecule has 4 rings (SSSR count). The molecule has 1 aliphatic carbocycles. The maximum absolute atomic E-state index is 14.2. The van der Waals surface area contributed by atoms with Crippen LogP contribution in [0.3, 0.4) is 0 Å². The average Bonchev–Trinajstić information content (AvgIpc) is 3.41. The number of aryl methyl sites for hydroxylation is 1. The molecule has 1 atom stereocenters. The predicted molar refractivity (Wildman–Crippen MR) is 94.3 cm³/mol. The molecule has 14 heteroatoms. The number of aliphatic hydroxyl groups is 1. The fraction of sp³-hybridized carbons (Fsp3) is 0.412. The lowest BCUT2D eigenvalue weighted by molar-refractivity contribution is -0.250. The summed E-state index contributed by atoms with van der Waals surface area (Å²) in [5, 5.41) is 17.0. The Morgan fingerprint density at radius 1 is 1.16 bits per heavy atom. The van der Waals surface area contributed by atoms with Crippen molar-refractivity contribution in [2.24, 2.45) is 7.05 Å². The van der Waals surface area contributed by atoms with E-state index in [2.05, 4.69) is 15.2 Å². The van der Waals surface area contributed by atoms with Crippen LogP contribution in [-0.2, 0) is 18.8 Å². The highest BCUT2D eigenvalue weighted by atomic mass is 35.5. The summed E-state index contributed by atoms with van der Waals surface area (Å²) in [5.74, 6) is 0. The summed E-state index contributed by atoms with van der Waals surface area (Å²) in [6.07, 6.45) is -7.89. The van der Waals surface area contributed by atoms with Crippen molar-refractivity contribution in [3.63, 3.8) is 0 Å². The minimum atomic E-state index is -5.44. The Morgan fingerprint density at radius 3 is 2.32 bits per heavy atom. The first-order valence-corrected chi connectivity index (χ1v) is 9.12. The minimum absolute atomic E-state index is 0.179. The van der Waals surface area contributed by atoms with Gasteiger partial charge in [0, 0.05) is 18.8 Å². The molecule has 1 N–H and O–H groups in total. The van der Waals surface area contributed by atoms with Gasteiger partial charge in [0.15, 0.2) is 11.2 Å². The molecule has 0 aromatic carbocycles. The molecular formula is C17H12ClF6N5O2. The molecule has 0 aliphatic heterocycles. The Bertz CT molecular complexity index is 1250. The molecule has 31 heavy (non-hydrogen) atoms. The van der Waals surface area contributed by atoms with Crippen LogP contribution in [0.15, 0.2) is 23.3 Å². The lowest BCUT2D eigenvalue weighted by Crippen LogP contribution is -2.45. The molecule has 7 nitrogen and oxygen atoms in total. The second kappa shape index (κ2) is 6.66. The first-order valence-electron chi connectivity index (χ1n) is 8.74. The molecule has 3 aromatic rings. The molecule has 0 spiro atoms. The molecule has 0 radical (unpaired) electrons. The van der Waals surface area contributed by atoms with Gasteiger partial charge in [-0.25, -0.2) is 9.67 Å². The Balaban J connectivity index is 1.99. The van der Waals surface area contributed by atoms with Crippen molar-refractivity contribution < 1.29 is 31.4 Å². The molecule has 1 aliphatic rings. The summed E-state index contributed by atoms with van der Waals surface area (Å²) in [7, 11) is 1.06. The zero-order valence-corrected chi connectivity index (χ0v) is 16.2. The van der Waals surface area contributed by atoms with Gasteiger partial charge in [0.25, 0.3) is 5.56 Å². The normalized spacial score (nSPS) is 17.2. The average molecular weight is 468 g/mol.